The summed E-state index contributed by atoms with van der Waals surface area (Å²) in [6, 6.07) is 58.5. The summed E-state index contributed by atoms with van der Waals surface area (Å²) in [7, 11) is 0. The minimum atomic E-state index is 0.622. The Morgan fingerprint density at radius 2 is 0.900 bits per heavy atom. The van der Waals surface area contributed by atoms with Gasteiger partial charge in [-0.2, -0.15) is 0 Å². The lowest BCUT2D eigenvalue weighted by atomic mass is 9.94. The van der Waals surface area contributed by atoms with Crippen molar-refractivity contribution in [3.63, 3.8) is 0 Å². The predicted octanol–water partition coefficient (Wildman–Crippen LogP) is 11.4. The Labute approximate surface area is 288 Å². The molecular weight excluding hydrogens is 613 g/mol. The van der Waals surface area contributed by atoms with Crippen LogP contribution in [0.1, 0.15) is 0 Å². The molecule has 0 fully saturated rings. The first kappa shape index (κ1) is 28.2. The summed E-state index contributed by atoms with van der Waals surface area (Å²) < 4.78 is 9.27. The number of aromatic nitrogens is 4. The second-order valence-corrected chi connectivity index (χ2v) is 12.4. The molecule has 5 nitrogen and oxygen atoms in total. The van der Waals surface area contributed by atoms with Gasteiger partial charge < -0.3 is 9.30 Å². The zero-order valence-corrected chi connectivity index (χ0v) is 26.9. The average Bonchev–Trinajstić information content (AvgIpc) is 3.46. The fourth-order valence-electron chi connectivity index (χ4n) is 7.15. The SMILES string of the molecule is c1ccc(-c2nc(-c3ccccc3)nc(-c3ccc(-n4c5ccccc5c5ccc6c(c54)Oc4ccccc4-c4ccccc4-6)cc3)n2)cc1. The van der Waals surface area contributed by atoms with E-state index >= 15 is 0 Å². The van der Waals surface area contributed by atoms with E-state index in [1.54, 1.807) is 0 Å². The van der Waals surface area contributed by atoms with Crippen molar-refractivity contribution in [2.24, 2.45) is 0 Å². The molecule has 234 valence electrons. The molecule has 1 aliphatic heterocycles. The van der Waals surface area contributed by atoms with Gasteiger partial charge in [0.15, 0.2) is 23.2 Å². The molecule has 0 spiro atoms. The molecule has 0 saturated heterocycles. The third kappa shape index (κ3) is 4.52. The van der Waals surface area contributed by atoms with Crippen LogP contribution in [0.15, 0.2) is 170 Å². The number of ether oxygens (including phenoxy) is 1. The van der Waals surface area contributed by atoms with Gasteiger partial charge in [0.25, 0.3) is 0 Å². The van der Waals surface area contributed by atoms with E-state index in [-0.39, 0.29) is 0 Å². The van der Waals surface area contributed by atoms with E-state index in [1.165, 1.54) is 5.39 Å². The monoisotopic (exact) mass is 640 g/mol. The average molecular weight is 641 g/mol. The fraction of sp³-hybridized carbons (Fsp3) is 0. The Hall–Kier alpha value is -6.85. The number of hydrogen-bond acceptors (Lipinski definition) is 4. The molecule has 0 saturated carbocycles. The number of rotatable bonds is 4. The quantitative estimate of drug-likeness (QED) is 0.192. The summed E-state index contributed by atoms with van der Waals surface area (Å²) in [5.41, 5.74) is 10.4. The topological polar surface area (TPSA) is 52.8 Å². The van der Waals surface area contributed by atoms with Crippen LogP contribution in [0.3, 0.4) is 0 Å². The normalized spacial score (nSPS) is 11.8. The van der Waals surface area contributed by atoms with Crippen molar-refractivity contribution >= 4 is 21.8 Å². The first-order valence-corrected chi connectivity index (χ1v) is 16.7. The number of para-hydroxylation sites is 2. The Kier molecular flexibility index (Phi) is 6.42. The molecule has 0 unspecified atom stereocenters. The van der Waals surface area contributed by atoms with Crippen molar-refractivity contribution in [3.8, 4) is 73.6 Å². The summed E-state index contributed by atoms with van der Waals surface area (Å²) in [5, 5.41) is 2.30. The molecule has 7 aromatic carbocycles. The molecule has 0 amide bonds. The van der Waals surface area contributed by atoms with Crippen LogP contribution < -0.4 is 4.74 Å². The van der Waals surface area contributed by atoms with Crippen LogP contribution in [0.5, 0.6) is 11.5 Å². The molecular formula is C45H28N4O. The highest BCUT2D eigenvalue weighted by Crippen LogP contribution is 2.51. The van der Waals surface area contributed by atoms with Crippen molar-refractivity contribution in [1.29, 1.82) is 0 Å². The Balaban J connectivity index is 1.17. The smallest absolute Gasteiger partial charge is 0.164 e. The lowest BCUT2D eigenvalue weighted by Crippen LogP contribution is -2.01. The number of fused-ring (bicyclic) bond motifs is 9. The van der Waals surface area contributed by atoms with Gasteiger partial charge in [-0.3, -0.25) is 0 Å². The molecule has 0 N–H and O–H groups in total. The van der Waals surface area contributed by atoms with E-state index in [1.807, 2.05) is 66.7 Å². The molecule has 3 heterocycles. The maximum atomic E-state index is 6.95. The summed E-state index contributed by atoms with van der Waals surface area (Å²) in [5.74, 6) is 3.59. The van der Waals surface area contributed by atoms with E-state index in [0.717, 1.165) is 72.6 Å². The molecule has 1 aliphatic rings. The third-order valence-electron chi connectivity index (χ3n) is 9.48. The summed E-state index contributed by atoms with van der Waals surface area (Å²) >= 11 is 0. The van der Waals surface area contributed by atoms with Gasteiger partial charge in [-0.15, -0.1) is 0 Å². The van der Waals surface area contributed by atoms with Crippen molar-refractivity contribution in [3.05, 3.63) is 170 Å². The van der Waals surface area contributed by atoms with E-state index in [4.69, 9.17) is 19.7 Å². The summed E-state index contributed by atoms with van der Waals surface area (Å²) in [6.45, 7) is 0. The van der Waals surface area contributed by atoms with Gasteiger partial charge in [0, 0.05) is 44.3 Å². The van der Waals surface area contributed by atoms with Gasteiger partial charge in [0.2, 0.25) is 0 Å². The van der Waals surface area contributed by atoms with Gasteiger partial charge in [0.05, 0.1) is 11.0 Å². The highest BCUT2D eigenvalue weighted by molar-refractivity contribution is 6.14. The minimum absolute atomic E-state index is 0.622. The Morgan fingerprint density at radius 3 is 1.56 bits per heavy atom. The molecule has 0 radical (unpaired) electrons. The maximum absolute atomic E-state index is 6.95. The Bertz CT molecular complexity index is 2660. The molecule has 5 heteroatoms. The highest BCUT2D eigenvalue weighted by atomic mass is 16.5. The maximum Gasteiger partial charge on any atom is 0.164 e. The first-order valence-electron chi connectivity index (χ1n) is 16.7. The molecule has 0 atom stereocenters. The molecule has 50 heavy (non-hydrogen) atoms. The van der Waals surface area contributed by atoms with Gasteiger partial charge in [0.1, 0.15) is 5.75 Å². The fourth-order valence-corrected chi connectivity index (χ4v) is 7.15. The van der Waals surface area contributed by atoms with Gasteiger partial charge >= 0.3 is 0 Å². The molecule has 9 aromatic rings. The van der Waals surface area contributed by atoms with Crippen LogP contribution in [-0.4, -0.2) is 19.5 Å². The third-order valence-corrected chi connectivity index (χ3v) is 9.48. The molecule has 2 aromatic heterocycles. The highest BCUT2D eigenvalue weighted by Gasteiger charge is 2.26. The van der Waals surface area contributed by atoms with Gasteiger partial charge in [-0.25, -0.2) is 15.0 Å². The molecule has 0 bridgehead atoms. The van der Waals surface area contributed by atoms with Gasteiger partial charge in [-0.05, 0) is 53.6 Å². The van der Waals surface area contributed by atoms with E-state index in [0.29, 0.717) is 17.5 Å². The molecule has 0 aliphatic carbocycles. The zero-order chi connectivity index (χ0) is 33.0. The van der Waals surface area contributed by atoms with Crippen LogP contribution in [0.4, 0.5) is 0 Å². The van der Waals surface area contributed by atoms with Gasteiger partial charge in [-0.1, -0.05) is 127 Å². The van der Waals surface area contributed by atoms with Crippen LogP contribution in [0.25, 0.3) is 83.9 Å². The number of nitrogens with zero attached hydrogens (tertiary/aromatic N) is 4. The molecule has 10 rings (SSSR count). The second-order valence-electron chi connectivity index (χ2n) is 12.4. The largest absolute Gasteiger partial charge is 0.454 e. The van der Waals surface area contributed by atoms with Crippen LogP contribution in [-0.2, 0) is 0 Å². The summed E-state index contributed by atoms with van der Waals surface area (Å²) in [4.78, 5) is 14.8. The van der Waals surface area contributed by atoms with Crippen molar-refractivity contribution in [2.75, 3.05) is 0 Å². The lowest BCUT2D eigenvalue weighted by molar-refractivity contribution is 0.491. The van der Waals surface area contributed by atoms with Crippen molar-refractivity contribution in [2.45, 2.75) is 0 Å². The van der Waals surface area contributed by atoms with Crippen molar-refractivity contribution in [1.82, 2.24) is 19.5 Å². The van der Waals surface area contributed by atoms with Crippen molar-refractivity contribution < 1.29 is 4.74 Å². The minimum Gasteiger partial charge on any atom is -0.454 e. The number of benzene rings is 7. The standard InChI is InChI=1S/C45H28N4O/c1-3-13-29(14-4-1)43-46-44(30-15-5-2-6-16-30)48-45(47-43)31-23-25-32(26-24-31)49-39-21-11-9-19-35(39)37-27-28-38-34-18-8-7-17-33(34)36-20-10-12-22-40(36)50-42(38)41(37)49/h1-28H. The van der Waals surface area contributed by atoms with E-state index in [9.17, 15) is 0 Å². The zero-order valence-electron chi connectivity index (χ0n) is 26.9. The predicted molar refractivity (Wildman–Crippen MR) is 201 cm³/mol. The summed E-state index contributed by atoms with van der Waals surface area (Å²) in [6.07, 6.45) is 0. The Morgan fingerprint density at radius 1 is 0.380 bits per heavy atom. The van der Waals surface area contributed by atoms with E-state index < -0.39 is 0 Å². The number of hydrogen-bond donors (Lipinski definition) is 0. The lowest BCUT2D eigenvalue weighted by Gasteiger charge is -2.15. The van der Waals surface area contributed by atoms with Crippen LogP contribution >= 0.6 is 0 Å². The van der Waals surface area contributed by atoms with Crippen LogP contribution in [0.2, 0.25) is 0 Å². The van der Waals surface area contributed by atoms with Crippen LogP contribution in [0, 0.1) is 0 Å². The second kappa shape index (κ2) is 11.4. The van der Waals surface area contributed by atoms with E-state index in [2.05, 4.69) is 108 Å². The first-order chi connectivity index (χ1) is 24.8.